The average Bonchev–Trinajstić information content (AvgIpc) is 2.47. The van der Waals surface area contributed by atoms with Gasteiger partial charge in [-0.05, 0) is 0 Å². The molecule has 66 valence electrons. The van der Waals surface area contributed by atoms with Crippen LogP contribution in [0, 0.1) is 11.6 Å². The van der Waals surface area contributed by atoms with Crippen LogP contribution in [0.15, 0.2) is 12.1 Å². The lowest BCUT2D eigenvalue weighted by Gasteiger charge is -1.92. The summed E-state index contributed by atoms with van der Waals surface area (Å²) >= 11 is 0. The summed E-state index contributed by atoms with van der Waals surface area (Å²) < 4.78 is 25.7. The quantitative estimate of drug-likeness (QED) is 0.681. The zero-order chi connectivity index (χ0) is 9.42. The van der Waals surface area contributed by atoms with Crippen molar-refractivity contribution in [2.75, 3.05) is 0 Å². The predicted octanol–water partition coefficient (Wildman–Crippen LogP) is 1.65. The van der Waals surface area contributed by atoms with Crippen molar-refractivity contribution in [3.05, 3.63) is 29.5 Å². The second-order valence-corrected chi connectivity index (χ2v) is 2.54. The van der Waals surface area contributed by atoms with E-state index < -0.39 is 11.6 Å². The van der Waals surface area contributed by atoms with Gasteiger partial charge in [0.25, 0.3) is 0 Å². The molecule has 0 radical (unpaired) electrons. The fourth-order valence-electron chi connectivity index (χ4n) is 1.18. The van der Waals surface area contributed by atoms with Gasteiger partial charge >= 0.3 is 0 Å². The van der Waals surface area contributed by atoms with Gasteiger partial charge in [0.05, 0.1) is 10.9 Å². The van der Waals surface area contributed by atoms with Crippen molar-refractivity contribution in [1.82, 2.24) is 10.2 Å². The van der Waals surface area contributed by atoms with Gasteiger partial charge in [0.1, 0.15) is 17.3 Å². The molecule has 0 atom stereocenters. The molecule has 0 amide bonds. The molecule has 2 aromatic rings. The molecule has 1 aromatic heterocycles. The van der Waals surface area contributed by atoms with Crippen LogP contribution in [0.1, 0.15) is 10.5 Å². The highest BCUT2D eigenvalue weighted by atomic mass is 19.1. The van der Waals surface area contributed by atoms with E-state index in [9.17, 15) is 13.6 Å². The predicted molar refractivity (Wildman–Crippen MR) is 41.4 cm³/mol. The van der Waals surface area contributed by atoms with Gasteiger partial charge in [0.2, 0.25) is 0 Å². The molecule has 0 saturated heterocycles. The molecule has 0 spiro atoms. The maximum atomic E-state index is 13.1. The number of aromatic nitrogens is 2. The van der Waals surface area contributed by atoms with E-state index in [4.69, 9.17) is 0 Å². The Hall–Kier alpha value is -1.78. The fraction of sp³-hybridized carbons (Fsp3) is 0. The highest BCUT2D eigenvalue weighted by molar-refractivity contribution is 5.95. The first-order valence-electron chi connectivity index (χ1n) is 3.50. The Morgan fingerprint density at radius 3 is 2.85 bits per heavy atom. The Morgan fingerprint density at radius 1 is 1.38 bits per heavy atom. The number of nitrogens with one attached hydrogen (secondary N) is 1. The second-order valence-electron chi connectivity index (χ2n) is 2.54. The summed E-state index contributed by atoms with van der Waals surface area (Å²) in [5.41, 5.74) is 0.132. The van der Waals surface area contributed by atoms with Gasteiger partial charge < -0.3 is 0 Å². The van der Waals surface area contributed by atoms with E-state index in [2.05, 4.69) is 10.2 Å². The number of fused-ring (bicyclic) bond motifs is 1. The monoisotopic (exact) mass is 182 g/mol. The van der Waals surface area contributed by atoms with Gasteiger partial charge in [-0.2, -0.15) is 5.10 Å². The number of hydrogen-bond donors (Lipinski definition) is 1. The van der Waals surface area contributed by atoms with Crippen LogP contribution in [0.25, 0.3) is 10.9 Å². The lowest BCUT2D eigenvalue weighted by Crippen LogP contribution is -1.84. The summed E-state index contributed by atoms with van der Waals surface area (Å²) in [4.78, 5) is 10.4. The summed E-state index contributed by atoms with van der Waals surface area (Å²) in [5, 5.41) is 5.91. The number of carbonyl (C=O) groups is 1. The largest absolute Gasteiger partial charge is 0.296 e. The first-order chi connectivity index (χ1) is 6.22. The molecule has 1 aromatic carbocycles. The number of H-pyrrole nitrogens is 1. The van der Waals surface area contributed by atoms with Crippen molar-refractivity contribution in [2.45, 2.75) is 0 Å². The Bertz CT molecular complexity index is 478. The molecule has 0 unspecified atom stereocenters. The Kier molecular flexibility index (Phi) is 1.58. The smallest absolute Gasteiger partial charge is 0.168 e. The van der Waals surface area contributed by atoms with Gasteiger partial charge in [0.15, 0.2) is 6.29 Å². The number of halogens is 2. The van der Waals surface area contributed by atoms with Gasteiger partial charge in [-0.25, -0.2) is 8.78 Å². The minimum Gasteiger partial charge on any atom is -0.296 e. The number of nitrogens with zero attached hydrogens (tertiary/aromatic N) is 1. The topological polar surface area (TPSA) is 45.8 Å². The van der Waals surface area contributed by atoms with Crippen LogP contribution in [0.4, 0.5) is 8.78 Å². The molecule has 1 heterocycles. The van der Waals surface area contributed by atoms with E-state index in [1.54, 1.807) is 0 Å². The first-order valence-corrected chi connectivity index (χ1v) is 3.50. The number of rotatable bonds is 1. The molecule has 3 nitrogen and oxygen atoms in total. The summed E-state index contributed by atoms with van der Waals surface area (Å²) in [7, 11) is 0. The van der Waals surface area contributed by atoms with Crippen LogP contribution in [0.3, 0.4) is 0 Å². The molecule has 5 heteroatoms. The van der Waals surface area contributed by atoms with E-state index >= 15 is 0 Å². The maximum Gasteiger partial charge on any atom is 0.168 e. The average molecular weight is 182 g/mol. The SMILES string of the molecule is O=Cc1[nH]nc2cc(F)cc(F)c12. The van der Waals surface area contributed by atoms with E-state index in [1.165, 1.54) is 0 Å². The molecule has 1 N–H and O–H groups in total. The van der Waals surface area contributed by atoms with E-state index in [0.29, 0.717) is 12.4 Å². The van der Waals surface area contributed by atoms with Gasteiger partial charge in [-0.15, -0.1) is 0 Å². The standard InChI is InChI=1S/C8H4F2N2O/c9-4-1-5(10)8-6(2-4)11-12-7(8)3-13/h1-3H,(H,11,12). The Morgan fingerprint density at radius 2 is 2.15 bits per heavy atom. The zero-order valence-electron chi connectivity index (χ0n) is 6.34. The number of hydrogen-bond acceptors (Lipinski definition) is 2. The van der Waals surface area contributed by atoms with Crippen LogP contribution in [-0.4, -0.2) is 16.5 Å². The Labute approximate surface area is 71.4 Å². The summed E-state index contributed by atoms with van der Waals surface area (Å²) in [6.07, 6.45) is 0.441. The summed E-state index contributed by atoms with van der Waals surface area (Å²) in [5.74, 6) is -1.50. The molecule has 0 saturated carbocycles. The lowest BCUT2D eigenvalue weighted by molar-refractivity contribution is 0.112. The van der Waals surface area contributed by atoms with Crippen LogP contribution in [0.5, 0.6) is 0 Å². The molecular formula is C8H4F2N2O. The van der Waals surface area contributed by atoms with Crippen LogP contribution < -0.4 is 0 Å². The molecule has 13 heavy (non-hydrogen) atoms. The molecule has 0 aliphatic heterocycles. The van der Waals surface area contributed by atoms with Crippen molar-refractivity contribution in [3.63, 3.8) is 0 Å². The molecule has 0 bridgehead atoms. The van der Waals surface area contributed by atoms with Crippen molar-refractivity contribution in [2.24, 2.45) is 0 Å². The normalized spacial score (nSPS) is 10.6. The van der Waals surface area contributed by atoms with Crippen LogP contribution in [-0.2, 0) is 0 Å². The third kappa shape index (κ3) is 1.09. The minimum absolute atomic E-state index is 0.0208. The Balaban J connectivity index is 2.89. The van der Waals surface area contributed by atoms with Crippen LogP contribution in [0.2, 0.25) is 0 Å². The number of aldehydes is 1. The number of benzene rings is 1. The third-order valence-electron chi connectivity index (χ3n) is 1.72. The van der Waals surface area contributed by atoms with Crippen molar-refractivity contribution in [1.29, 1.82) is 0 Å². The van der Waals surface area contributed by atoms with Gasteiger partial charge in [-0.1, -0.05) is 0 Å². The summed E-state index contributed by atoms with van der Waals surface area (Å²) in [6.45, 7) is 0. The zero-order valence-corrected chi connectivity index (χ0v) is 6.34. The maximum absolute atomic E-state index is 13.1. The minimum atomic E-state index is -0.786. The lowest BCUT2D eigenvalue weighted by atomic mass is 10.2. The first kappa shape index (κ1) is 7.85. The van der Waals surface area contributed by atoms with Crippen molar-refractivity contribution in [3.8, 4) is 0 Å². The van der Waals surface area contributed by atoms with Crippen molar-refractivity contribution < 1.29 is 13.6 Å². The molecule has 0 aliphatic carbocycles. The molecule has 0 aliphatic rings. The molecule has 0 fully saturated rings. The second kappa shape index (κ2) is 2.62. The van der Waals surface area contributed by atoms with E-state index in [1.807, 2.05) is 0 Å². The molecular weight excluding hydrogens is 178 g/mol. The third-order valence-corrected chi connectivity index (χ3v) is 1.72. The van der Waals surface area contributed by atoms with E-state index in [-0.39, 0.29) is 16.6 Å². The van der Waals surface area contributed by atoms with Crippen molar-refractivity contribution >= 4 is 17.2 Å². The molecule has 2 rings (SSSR count). The number of carbonyl (C=O) groups excluding carboxylic acids is 1. The van der Waals surface area contributed by atoms with Gasteiger partial charge in [-0.3, -0.25) is 9.89 Å². The fourth-order valence-corrected chi connectivity index (χ4v) is 1.18. The highest BCUT2D eigenvalue weighted by Crippen LogP contribution is 2.19. The van der Waals surface area contributed by atoms with Crippen LogP contribution >= 0.6 is 0 Å². The van der Waals surface area contributed by atoms with E-state index in [0.717, 1.165) is 6.07 Å². The number of aromatic amines is 1. The van der Waals surface area contributed by atoms with Gasteiger partial charge in [0, 0.05) is 12.1 Å². The highest BCUT2D eigenvalue weighted by Gasteiger charge is 2.10. The summed E-state index contributed by atoms with van der Waals surface area (Å²) in [6, 6.07) is 1.77.